The Labute approximate surface area is 166 Å². The SMILES string of the molecule is CC[C@@H](C)n1cnnc1-c1nc2c(s1)CCOc1cc(-c3cn[nH]c3)ccc1-2. The molecule has 0 fully saturated rings. The molecular formula is C20H20N6OS. The number of H-pyrrole nitrogens is 1. The second kappa shape index (κ2) is 6.87. The lowest BCUT2D eigenvalue weighted by Crippen LogP contribution is -2.04. The maximum atomic E-state index is 6.04. The molecule has 0 saturated carbocycles. The average molecular weight is 392 g/mol. The van der Waals surface area contributed by atoms with Crippen molar-refractivity contribution in [2.24, 2.45) is 0 Å². The van der Waals surface area contributed by atoms with Crippen molar-refractivity contribution in [2.45, 2.75) is 32.7 Å². The summed E-state index contributed by atoms with van der Waals surface area (Å²) < 4.78 is 8.15. The van der Waals surface area contributed by atoms with E-state index in [1.165, 1.54) is 4.88 Å². The molecule has 5 rings (SSSR count). The van der Waals surface area contributed by atoms with Gasteiger partial charge in [0.1, 0.15) is 12.1 Å². The van der Waals surface area contributed by atoms with Gasteiger partial charge in [0.25, 0.3) is 0 Å². The van der Waals surface area contributed by atoms with Crippen LogP contribution in [0.5, 0.6) is 5.75 Å². The first-order valence-corrected chi connectivity index (χ1v) is 10.2. The first-order chi connectivity index (χ1) is 13.7. The van der Waals surface area contributed by atoms with E-state index in [1.54, 1.807) is 17.7 Å². The van der Waals surface area contributed by atoms with Gasteiger partial charge in [-0.1, -0.05) is 13.0 Å². The number of nitrogens with one attached hydrogen (secondary N) is 1. The molecule has 0 bridgehead atoms. The van der Waals surface area contributed by atoms with E-state index in [9.17, 15) is 0 Å². The molecule has 0 amide bonds. The molecule has 28 heavy (non-hydrogen) atoms. The first-order valence-electron chi connectivity index (χ1n) is 9.40. The van der Waals surface area contributed by atoms with Crippen LogP contribution in [0.25, 0.3) is 33.2 Å². The van der Waals surface area contributed by atoms with Gasteiger partial charge >= 0.3 is 0 Å². The van der Waals surface area contributed by atoms with Crippen molar-refractivity contribution < 1.29 is 4.74 Å². The molecule has 0 aliphatic carbocycles. The highest BCUT2D eigenvalue weighted by Crippen LogP contribution is 2.41. The Hall–Kier alpha value is -3.00. The van der Waals surface area contributed by atoms with Gasteiger partial charge in [0.15, 0.2) is 10.8 Å². The molecule has 0 saturated heterocycles. The monoisotopic (exact) mass is 392 g/mol. The molecule has 8 heteroatoms. The molecule has 1 aliphatic rings. The number of hydrogen-bond donors (Lipinski definition) is 1. The van der Waals surface area contributed by atoms with Gasteiger partial charge in [0.2, 0.25) is 0 Å². The van der Waals surface area contributed by atoms with Crippen LogP contribution in [0.4, 0.5) is 0 Å². The number of benzene rings is 1. The fourth-order valence-electron chi connectivity index (χ4n) is 3.42. The van der Waals surface area contributed by atoms with Crippen LogP contribution in [-0.4, -0.2) is 36.6 Å². The zero-order chi connectivity index (χ0) is 19.1. The van der Waals surface area contributed by atoms with Crippen LogP contribution >= 0.6 is 11.3 Å². The van der Waals surface area contributed by atoms with Crippen LogP contribution in [0, 0.1) is 0 Å². The Kier molecular flexibility index (Phi) is 4.20. The number of hydrogen-bond acceptors (Lipinski definition) is 6. The van der Waals surface area contributed by atoms with Crippen molar-refractivity contribution >= 4 is 11.3 Å². The molecule has 0 radical (unpaired) electrons. The number of fused-ring (bicyclic) bond motifs is 3. The molecule has 142 valence electrons. The molecule has 1 aliphatic heterocycles. The lowest BCUT2D eigenvalue weighted by molar-refractivity contribution is 0.327. The third kappa shape index (κ3) is 2.80. The van der Waals surface area contributed by atoms with Crippen LogP contribution in [-0.2, 0) is 6.42 Å². The van der Waals surface area contributed by atoms with E-state index in [2.05, 4.69) is 57.0 Å². The lowest BCUT2D eigenvalue weighted by atomic mass is 10.0. The average Bonchev–Trinajstić information content (AvgIpc) is 3.46. The van der Waals surface area contributed by atoms with E-state index in [-0.39, 0.29) is 0 Å². The Balaban J connectivity index is 1.59. The van der Waals surface area contributed by atoms with Crippen LogP contribution in [0.15, 0.2) is 36.9 Å². The normalized spacial score (nSPS) is 14.1. The summed E-state index contributed by atoms with van der Waals surface area (Å²) >= 11 is 1.68. The molecule has 7 nitrogen and oxygen atoms in total. The van der Waals surface area contributed by atoms with Gasteiger partial charge in [0.05, 0.1) is 18.5 Å². The highest BCUT2D eigenvalue weighted by atomic mass is 32.1. The molecular weight excluding hydrogens is 372 g/mol. The summed E-state index contributed by atoms with van der Waals surface area (Å²) in [5.41, 5.74) is 4.13. The fraction of sp³-hybridized carbons (Fsp3) is 0.300. The van der Waals surface area contributed by atoms with Crippen molar-refractivity contribution in [3.05, 3.63) is 41.8 Å². The van der Waals surface area contributed by atoms with E-state index in [1.807, 2.05) is 12.4 Å². The molecule has 3 aromatic heterocycles. The van der Waals surface area contributed by atoms with Crippen molar-refractivity contribution in [3.8, 4) is 39.0 Å². The maximum Gasteiger partial charge on any atom is 0.193 e. The number of nitrogens with zero attached hydrogens (tertiary/aromatic N) is 5. The molecule has 0 unspecified atom stereocenters. The summed E-state index contributed by atoms with van der Waals surface area (Å²) in [6.45, 7) is 4.97. The number of rotatable bonds is 4. The summed E-state index contributed by atoms with van der Waals surface area (Å²) in [6.07, 6.45) is 7.34. The van der Waals surface area contributed by atoms with Crippen molar-refractivity contribution in [3.63, 3.8) is 0 Å². The molecule has 1 N–H and O–H groups in total. The maximum absolute atomic E-state index is 6.04. The highest BCUT2D eigenvalue weighted by molar-refractivity contribution is 7.15. The second-order valence-electron chi connectivity index (χ2n) is 6.91. The van der Waals surface area contributed by atoms with Gasteiger partial charge in [-0.05, 0) is 31.0 Å². The van der Waals surface area contributed by atoms with Crippen LogP contribution < -0.4 is 4.74 Å². The van der Waals surface area contributed by atoms with Crippen LogP contribution in [0.2, 0.25) is 0 Å². The zero-order valence-corrected chi connectivity index (χ0v) is 16.5. The van der Waals surface area contributed by atoms with E-state index in [4.69, 9.17) is 9.72 Å². The minimum atomic E-state index is 0.335. The van der Waals surface area contributed by atoms with E-state index in [0.717, 1.165) is 51.8 Å². The lowest BCUT2D eigenvalue weighted by Gasteiger charge is -2.11. The van der Waals surface area contributed by atoms with Crippen molar-refractivity contribution in [2.75, 3.05) is 6.61 Å². The van der Waals surface area contributed by atoms with E-state index >= 15 is 0 Å². The Bertz CT molecular complexity index is 1110. The zero-order valence-electron chi connectivity index (χ0n) is 15.7. The minimum absolute atomic E-state index is 0.335. The molecule has 4 aromatic rings. The minimum Gasteiger partial charge on any atom is -0.492 e. The Morgan fingerprint density at radius 2 is 2.25 bits per heavy atom. The van der Waals surface area contributed by atoms with Crippen molar-refractivity contribution in [1.29, 1.82) is 0 Å². The molecule has 4 heterocycles. The summed E-state index contributed by atoms with van der Waals surface area (Å²) in [5, 5.41) is 16.3. The van der Waals surface area contributed by atoms with Gasteiger partial charge in [0, 0.05) is 34.7 Å². The third-order valence-corrected chi connectivity index (χ3v) is 6.29. The molecule has 0 spiro atoms. The number of ether oxygens (including phenoxy) is 1. The summed E-state index contributed by atoms with van der Waals surface area (Å²) in [6, 6.07) is 6.57. The molecule has 1 aromatic carbocycles. The number of thiazole rings is 1. The number of aromatic nitrogens is 6. The predicted octanol–water partition coefficient (Wildman–Crippen LogP) is 4.36. The van der Waals surface area contributed by atoms with Crippen LogP contribution in [0.3, 0.4) is 0 Å². The van der Waals surface area contributed by atoms with Crippen molar-refractivity contribution in [1.82, 2.24) is 29.9 Å². The van der Waals surface area contributed by atoms with E-state index in [0.29, 0.717) is 12.6 Å². The van der Waals surface area contributed by atoms with Gasteiger partial charge in [-0.2, -0.15) is 5.10 Å². The van der Waals surface area contributed by atoms with Crippen LogP contribution in [0.1, 0.15) is 31.2 Å². The first kappa shape index (κ1) is 17.1. The summed E-state index contributed by atoms with van der Waals surface area (Å²) in [4.78, 5) is 6.19. The number of aromatic amines is 1. The largest absolute Gasteiger partial charge is 0.492 e. The Morgan fingerprint density at radius 1 is 1.32 bits per heavy atom. The van der Waals surface area contributed by atoms with Gasteiger partial charge in [-0.25, -0.2) is 4.98 Å². The second-order valence-corrected chi connectivity index (χ2v) is 7.99. The quantitative estimate of drug-likeness (QED) is 0.558. The molecule has 1 atom stereocenters. The predicted molar refractivity (Wildman–Crippen MR) is 108 cm³/mol. The van der Waals surface area contributed by atoms with E-state index < -0.39 is 0 Å². The van der Waals surface area contributed by atoms with Gasteiger partial charge in [-0.3, -0.25) is 5.10 Å². The smallest absolute Gasteiger partial charge is 0.193 e. The fourth-order valence-corrected chi connectivity index (χ4v) is 4.47. The topological polar surface area (TPSA) is 81.5 Å². The standard InChI is InChI=1S/C20H20N6OS/c1-3-12(2)26-11-23-25-19(26)20-24-18-15-5-4-13(14-9-21-22-10-14)8-16(15)27-7-6-17(18)28-20/h4-5,8-12H,3,6-7H2,1-2H3,(H,21,22)/t12-/m1/s1. The van der Waals surface area contributed by atoms with Gasteiger partial charge in [-0.15, -0.1) is 21.5 Å². The Morgan fingerprint density at radius 3 is 3.07 bits per heavy atom. The third-order valence-electron chi connectivity index (χ3n) is 5.18. The highest BCUT2D eigenvalue weighted by Gasteiger charge is 2.24. The summed E-state index contributed by atoms with van der Waals surface area (Å²) in [7, 11) is 0. The summed E-state index contributed by atoms with van der Waals surface area (Å²) in [5.74, 6) is 1.70. The van der Waals surface area contributed by atoms with Gasteiger partial charge < -0.3 is 9.30 Å².